The van der Waals surface area contributed by atoms with Crippen LogP contribution in [0.3, 0.4) is 0 Å². The fourth-order valence-corrected chi connectivity index (χ4v) is 2.48. The fourth-order valence-electron chi connectivity index (χ4n) is 2.48. The van der Waals surface area contributed by atoms with Crippen LogP contribution in [-0.4, -0.2) is 60.3 Å². The third-order valence-corrected chi connectivity index (χ3v) is 4.25. The summed E-state index contributed by atoms with van der Waals surface area (Å²) in [6.45, 7) is -0.965. The van der Waals surface area contributed by atoms with Gasteiger partial charge in [-0.1, -0.05) is 0 Å². The van der Waals surface area contributed by atoms with Crippen LogP contribution < -0.4 is 10.6 Å². The summed E-state index contributed by atoms with van der Waals surface area (Å²) in [5, 5.41) is 15.6. The number of ether oxygens (including phenoxy) is 1. The van der Waals surface area contributed by atoms with Crippen molar-refractivity contribution in [1.82, 2.24) is 10.2 Å². The first-order chi connectivity index (χ1) is 15.7. The summed E-state index contributed by atoms with van der Waals surface area (Å²) in [4.78, 5) is 58.8. The van der Waals surface area contributed by atoms with E-state index in [9.17, 15) is 33.7 Å². The van der Waals surface area contributed by atoms with Gasteiger partial charge in [0.15, 0.2) is 6.61 Å². The Morgan fingerprint density at radius 1 is 1.06 bits per heavy atom. The van der Waals surface area contributed by atoms with Gasteiger partial charge >= 0.3 is 5.97 Å². The zero-order chi connectivity index (χ0) is 24.4. The van der Waals surface area contributed by atoms with Gasteiger partial charge in [-0.25, -0.2) is 4.39 Å². The molecule has 0 spiro atoms. The summed E-state index contributed by atoms with van der Waals surface area (Å²) in [7, 11) is 1.35. The van der Waals surface area contributed by atoms with Gasteiger partial charge in [0, 0.05) is 37.0 Å². The minimum Gasteiger partial charge on any atom is -0.456 e. The average Bonchev–Trinajstić information content (AvgIpc) is 2.78. The Kier molecular flexibility index (Phi) is 8.97. The highest BCUT2D eigenvalue weighted by atomic mass is 19.1. The Labute approximate surface area is 187 Å². The fraction of sp³-hybridized carbons (Fsp3) is 0.238. The maximum absolute atomic E-state index is 12.9. The SMILES string of the molecule is CN(CC(=O)Nc1ccc(F)cc1)C(=O)COC(=O)CCNC(=O)c1ccc([N+](=O)[O-])cc1. The van der Waals surface area contributed by atoms with Gasteiger partial charge in [0.1, 0.15) is 5.82 Å². The highest BCUT2D eigenvalue weighted by Gasteiger charge is 2.16. The van der Waals surface area contributed by atoms with Gasteiger partial charge in [0.25, 0.3) is 17.5 Å². The number of likely N-dealkylation sites (N-methyl/N-ethyl adjacent to an activating group) is 1. The van der Waals surface area contributed by atoms with Crippen LogP contribution in [0.25, 0.3) is 0 Å². The number of carbonyl (C=O) groups excluding carboxylic acids is 4. The average molecular weight is 460 g/mol. The second kappa shape index (κ2) is 11.9. The van der Waals surface area contributed by atoms with E-state index < -0.39 is 41.0 Å². The molecule has 2 aromatic carbocycles. The molecule has 0 aromatic heterocycles. The molecule has 2 rings (SSSR count). The normalized spacial score (nSPS) is 10.1. The Morgan fingerprint density at radius 2 is 1.70 bits per heavy atom. The van der Waals surface area contributed by atoms with Crippen molar-refractivity contribution in [3.05, 3.63) is 70.0 Å². The van der Waals surface area contributed by atoms with Crippen LogP contribution in [0.1, 0.15) is 16.8 Å². The van der Waals surface area contributed by atoms with Crippen LogP contribution in [0, 0.1) is 15.9 Å². The second-order valence-electron chi connectivity index (χ2n) is 6.78. The van der Waals surface area contributed by atoms with E-state index in [0.29, 0.717) is 5.69 Å². The molecular formula is C21H21FN4O7. The monoisotopic (exact) mass is 460 g/mol. The number of halogens is 1. The molecule has 0 bridgehead atoms. The molecule has 33 heavy (non-hydrogen) atoms. The molecule has 0 heterocycles. The number of esters is 1. The van der Waals surface area contributed by atoms with Crippen molar-refractivity contribution in [2.45, 2.75) is 6.42 Å². The summed E-state index contributed by atoms with van der Waals surface area (Å²) in [5.74, 6) is -2.85. The van der Waals surface area contributed by atoms with E-state index in [0.717, 1.165) is 4.90 Å². The van der Waals surface area contributed by atoms with Crippen LogP contribution in [0.4, 0.5) is 15.8 Å². The van der Waals surface area contributed by atoms with Gasteiger partial charge in [-0.2, -0.15) is 0 Å². The van der Waals surface area contributed by atoms with E-state index in [1.54, 1.807) is 0 Å². The number of rotatable bonds is 10. The zero-order valence-corrected chi connectivity index (χ0v) is 17.6. The number of nitro benzene ring substituents is 1. The standard InChI is InChI=1S/C21H21FN4O7/c1-25(12-18(27)24-16-6-4-15(22)5-7-16)19(28)13-33-20(29)10-11-23-21(30)14-2-8-17(9-3-14)26(31)32/h2-9H,10-13H2,1H3,(H,23,30)(H,24,27). The molecule has 0 saturated carbocycles. The summed E-state index contributed by atoms with van der Waals surface area (Å²) < 4.78 is 17.7. The minimum atomic E-state index is -0.739. The van der Waals surface area contributed by atoms with E-state index in [1.807, 2.05) is 0 Å². The van der Waals surface area contributed by atoms with Gasteiger partial charge < -0.3 is 20.3 Å². The first kappa shape index (κ1) is 24.9. The molecule has 0 aliphatic rings. The zero-order valence-electron chi connectivity index (χ0n) is 17.6. The number of anilines is 1. The van der Waals surface area contributed by atoms with Crippen LogP contribution in [0.2, 0.25) is 0 Å². The van der Waals surface area contributed by atoms with E-state index >= 15 is 0 Å². The Hall–Kier alpha value is -4.35. The Morgan fingerprint density at radius 3 is 2.30 bits per heavy atom. The van der Waals surface area contributed by atoms with E-state index in [2.05, 4.69) is 10.6 Å². The number of nitrogens with zero attached hydrogens (tertiary/aromatic N) is 2. The summed E-state index contributed by atoms with van der Waals surface area (Å²) in [6.07, 6.45) is -0.208. The first-order valence-electron chi connectivity index (χ1n) is 9.63. The van der Waals surface area contributed by atoms with Crippen molar-refractivity contribution >= 4 is 35.1 Å². The number of hydrogen-bond donors (Lipinski definition) is 2. The molecule has 0 saturated heterocycles. The maximum atomic E-state index is 12.9. The van der Waals surface area contributed by atoms with Crippen LogP contribution >= 0.6 is 0 Å². The second-order valence-corrected chi connectivity index (χ2v) is 6.78. The maximum Gasteiger partial charge on any atom is 0.308 e. The molecule has 0 fully saturated rings. The molecule has 11 nitrogen and oxygen atoms in total. The molecule has 2 aromatic rings. The van der Waals surface area contributed by atoms with Gasteiger partial charge in [-0.05, 0) is 36.4 Å². The highest BCUT2D eigenvalue weighted by Crippen LogP contribution is 2.11. The lowest BCUT2D eigenvalue weighted by Crippen LogP contribution is -2.37. The van der Waals surface area contributed by atoms with E-state index in [4.69, 9.17) is 4.74 Å². The molecule has 3 amide bonds. The van der Waals surface area contributed by atoms with Gasteiger partial charge in [-0.15, -0.1) is 0 Å². The first-order valence-corrected chi connectivity index (χ1v) is 9.63. The lowest BCUT2D eigenvalue weighted by molar-refractivity contribution is -0.384. The van der Waals surface area contributed by atoms with Crippen LogP contribution in [0.5, 0.6) is 0 Å². The molecule has 0 unspecified atom stereocenters. The van der Waals surface area contributed by atoms with Crippen molar-refractivity contribution in [3.8, 4) is 0 Å². The number of carbonyl (C=O) groups is 4. The third-order valence-electron chi connectivity index (χ3n) is 4.25. The third kappa shape index (κ3) is 8.36. The molecule has 0 aliphatic carbocycles. The molecule has 174 valence electrons. The quantitative estimate of drug-likeness (QED) is 0.310. The van der Waals surface area contributed by atoms with E-state index in [-0.39, 0.29) is 30.8 Å². The van der Waals surface area contributed by atoms with Gasteiger partial charge in [0.05, 0.1) is 17.9 Å². The Bertz CT molecular complexity index is 1030. The van der Waals surface area contributed by atoms with Crippen LogP contribution in [0.15, 0.2) is 48.5 Å². The predicted molar refractivity (Wildman–Crippen MR) is 114 cm³/mol. The van der Waals surface area contributed by atoms with E-state index in [1.165, 1.54) is 55.6 Å². The van der Waals surface area contributed by atoms with Crippen molar-refractivity contribution < 1.29 is 33.2 Å². The number of hydrogen-bond acceptors (Lipinski definition) is 7. The number of amides is 3. The molecule has 2 N–H and O–H groups in total. The number of nitrogens with one attached hydrogen (secondary N) is 2. The lowest BCUT2D eigenvalue weighted by Gasteiger charge is -2.16. The Balaban J connectivity index is 1.66. The minimum absolute atomic E-state index is 0.0707. The molecule has 12 heteroatoms. The molecule has 0 atom stereocenters. The summed E-state index contributed by atoms with van der Waals surface area (Å²) >= 11 is 0. The van der Waals surface area contributed by atoms with Crippen molar-refractivity contribution in [3.63, 3.8) is 0 Å². The lowest BCUT2D eigenvalue weighted by atomic mass is 10.2. The topological polar surface area (TPSA) is 148 Å². The largest absolute Gasteiger partial charge is 0.456 e. The van der Waals surface area contributed by atoms with Crippen molar-refractivity contribution in [2.75, 3.05) is 32.1 Å². The molecule has 0 aliphatic heterocycles. The number of benzene rings is 2. The van der Waals surface area contributed by atoms with Crippen molar-refractivity contribution in [1.29, 1.82) is 0 Å². The van der Waals surface area contributed by atoms with Crippen LogP contribution in [-0.2, 0) is 19.1 Å². The summed E-state index contributed by atoms with van der Waals surface area (Å²) in [6, 6.07) is 10.0. The predicted octanol–water partition coefficient (Wildman–Crippen LogP) is 1.49. The number of nitro groups is 1. The smallest absolute Gasteiger partial charge is 0.308 e. The molecular weight excluding hydrogens is 439 g/mol. The van der Waals surface area contributed by atoms with Gasteiger partial charge in [0.2, 0.25) is 5.91 Å². The number of non-ortho nitro benzene ring substituents is 1. The van der Waals surface area contributed by atoms with Gasteiger partial charge in [-0.3, -0.25) is 29.3 Å². The highest BCUT2D eigenvalue weighted by molar-refractivity contribution is 5.95. The molecule has 0 radical (unpaired) electrons. The van der Waals surface area contributed by atoms with Crippen molar-refractivity contribution in [2.24, 2.45) is 0 Å². The summed E-state index contributed by atoms with van der Waals surface area (Å²) in [5.41, 5.74) is 0.395.